The van der Waals surface area contributed by atoms with Gasteiger partial charge in [-0.3, -0.25) is 0 Å². The van der Waals surface area contributed by atoms with Crippen molar-refractivity contribution < 1.29 is 5.11 Å². The molecule has 2 nitrogen and oxygen atoms in total. The lowest BCUT2D eigenvalue weighted by molar-refractivity contribution is 0.148. The summed E-state index contributed by atoms with van der Waals surface area (Å²) < 4.78 is 0. The minimum atomic E-state index is 0.0477. The van der Waals surface area contributed by atoms with Gasteiger partial charge in [-0.05, 0) is 36.3 Å². The highest BCUT2D eigenvalue weighted by Crippen LogP contribution is 2.24. The number of aliphatic hydroxyl groups excluding tert-OH is 1. The number of aliphatic hydroxyl groups is 1. The molecule has 2 aromatic rings. The largest absolute Gasteiger partial charge is 0.396 e. The molecule has 0 radical (unpaired) electrons. The lowest BCUT2D eigenvalue weighted by atomic mass is 9.87. The van der Waals surface area contributed by atoms with Gasteiger partial charge in [0.25, 0.3) is 0 Å². The minimum absolute atomic E-state index is 0.0477. The Bertz CT molecular complexity index is 484. The summed E-state index contributed by atoms with van der Waals surface area (Å²) in [5.74, 6) is 0. The third-order valence-electron chi connectivity index (χ3n) is 3.40. The zero-order valence-corrected chi connectivity index (χ0v) is 10.7. The van der Waals surface area contributed by atoms with E-state index in [1.165, 1.54) is 16.5 Å². The number of hydrogen-bond donors (Lipinski definition) is 2. The van der Waals surface area contributed by atoms with Crippen molar-refractivity contribution in [2.24, 2.45) is 5.41 Å². The van der Waals surface area contributed by atoms with Crippen LogP contribution in [-0.4, -0.2) is 16.7 Å². The number of aryl methyl sites for hydroxylation is 1. The van der Waals surface area contributed by atoms with Crippen LogP contribution in [0, 0.1) is 5.41 Å². The average Bonchev–Trinajstić information content (AvgIpc) is 2.73. The van der Waals surface area contributed by atoms with Gasteiger partial charge in [0.05, 0.1) is 0 Å². The topological polar surface area (TPSA) is 36.0 Å². The van der Waals surface area contributed by atoms with Crippen LogP contribution in [0.4, 0.5) is 0 Å². The van der Waals surface area contributed by atoms with Crippen molar-refractivity contribution in [2.75, 3.05) is 6.61 Å². The summed E-state index contributed by atoms with van der Waals surface area (Å²) in [5.41, 5.74) is 2.64. The Hall–Kier alpha value is -1.28. The van der Waals surface area contributed by atoms with Gasteiger partial charge >= 0.3 is 0 Å². The van der Waals surface area contributed by atoms with Crippen LogP contribution in [0.25, 0.3) is 10.9 Å². The molecule has 0 aliphatic rings. The molecule has 1 aromatic heterocycles. The van der Waals surface area contributed by atoms with E-state index in [2.05, 4.69) is 49.3 Å². The van der Waals surface area contributed by atoms with Crippen molar-refractivity contribution >= 4 is 10.9 Å². The summed E-state index contributed by atoms with van der Waals surface area (Å²) >= 11 is 0. The molecule has 0 amide bonds. The summed E-state index contributed by atoms with van der Waals surface area (Å²) in [4.78, 5) is 3.30. The number of para-hydroxylation sites is 1. The zero-order valence-electron chi connectivity index (χ0n) is 10.7. The molecule has 2 heteroatoms. The van der Waals surface area contributed by atoms with E-state index in [9.17, 15) is 5.11 Å². The van der Waals surface area contributed by atoms with Crippen LogP contribution in [0.3, 0.4) is 0 Å². The van der Waals surface area contributed by atoms with Gasteiger partial charge in [0.1, 0.15) is 0 Å². The second-order valence-electron chi connectivity index (χ2n) is 5.54. The molecule has 92 valence electrons. The van der Waals surface area contributed by atoms with Crippen LogP contribution >= 0.6 is 0 Å². The Morgan fingerprint density at radius 1 is 1.24 bits per heavy atom. The van der Waals surface area contributed by atoms with Gasteiger partial charge < -0.3 is 10.1 Å². The molecule has 0 spiro atoms. The number of aromatic amines is 1. The number of hydrogen-bond acceptors (Lipinski definition) is 1. The monoisotopic (exact) mass is 231 g/mol. The molecule has 0 bridgehead atoms. The molecule has 1 aromatic carbocycles. The zero-order chi connectivity index (χ0) is 12.3. The van der Waals surface area contributed by atoms with Gasteiger partial charge in [-0.1, -0.05) is 32.0 Å². The van der Waals surface area contributed by atoms with E-state index in [1.54, 1.807) is 0 Å². The number of nitrogens with one attached hydrogen (secondary N) is 1. The van der Waals surface area contributed by atoms with E-state index in [4.69, 9.17) is 0 Å². The summed E-state index contributed by atoms with van der Waals surface area (Å²) in [6.45, 7) is 4.49. The van der Waals surface area contributed by atoms with E-state index in [1.807, 2.05) is 0 Å². The average molecular weight is 231 g/mol. The van der Waals surface area contributed by atoms with Gasteiger partial charge in [0.2, 0.25) is 0 Å². The van der Waals surface area contributed by atoms with Gasteiger partial charge in [-0.15, -0.1) is 0 Å². The van der Waals surface area contributed by atoms with Crippen molar-refractivity contribution in [1.82, 2.24) is 4.98 Å². The quantitative estimate of drug-likeness (QED) is 0.811. The fraction of sp³-hybridized carbons (Fsp3) is 0.467. The first-order valence-electron chi connectivity index (χ1n) is 6.28. The molecule has 0 saturated heterocycles. The summed E-state index contributed by atoms with van der Waals surface area (Å²) in [5, 5.41) is 10.5. The maximum Gasteiger partial charge on any atom is 0.0482 e. The highest BCUT2D eigenvalue weighted by atomic mass is 16.3. The van der Waals surface area contributed by atoms with Crippen molar-refractivity contribution in [1.29, 1.82) is 0 Å². The van der Waals surface area contributed by atoms with Gasteiger partial charge in [0, 0.05) is 23.7 Å². The van der Waals surface area contributed by atoms with Crippen LogP contribution < -0.4 is 0 Å². The SMILES string of the molecule is CC(C)(CO)CCCc1c[nH]c2ccccc12. The molecule has 0 aliphatic carbocycles. The lowest BCUT2D eigenvalue weighted by Crippen LogP contribution is -2.16. The van der Waals surface area contributed by atoms with Crippen LogP contribution in [0.2, 0.25) is 0 Å². The number of rotatable bonds is 5. The second kappa shape index (κ2) is 4.92. The highest BCUT2D eigenvalue weighted by Gasteiger charge is 2.15. The first-order chi connectivity index (χ1) is 8.12. The first kappa shape index (κ1) is 12.2. The van der Waals surface area contributed by atoms with Crippen molar-refractivity contribution in [3.8, 4) is 0 Å². The molecule has 1 heterocycles. The molecule has 0 saturated carbocycles. The lowest BCUT2D eigenvalue weighted by Gasteiger charge is -2.20. The number of aromatic nitrogens is 1. The summed E-state index contributed by atoms with van der Waals surface area (Å²) in [6.07, 6.45) is 5.36. The van der Waals surface area contributed by atoms with Crippen molar-refractivity contribution in [3.63, 3.8) is 0 Å². The van der Waals surface area contributed by atoms with Crippen molar-refractivity contribution in [3.05, 3.63) is 36.0 Å². The number of fused-ring (bicyclic) bond motifs is 1. The normalized spacial score (nSPS) is 12.2. The molecule has 0 atom stereocenters. The number of benzene rings is 1. The molecule has 0 fully saturated rings. The Morgan fingerprint density at radius 2 is 2.00 bits per heavy atom. The first-order valence-corrected chi connectivity index (χ1v) is 6.28. The van der Waals surface area contributed by atoms with Gasteiger partial charge in [-0.2, -0.15) is 0 Å². The standard InChI is InChI=1S/C15H21NO/c1-15(2,11-17)9-5-6-12-10-16-14-8-4-3-7-13(12)14/h3-4,7-8,10,16-17H,5-6,9,11H2,1-2H3. The highest BCUT2D eigenvalue weighted by molar-refractivity contribution is 5.82. The molecular weight excluding hydrogens is 210 g/mol. The third-order valence-corrected chi connectivity index (χ3v) is 3.40. The molecule has 2 rings (SSSR count). The smallest absolute Gasteiger partial charge is 0.0482 e. The molecule has 0 unspecified atom stereocenters. The molecule has 2 N–H and O–H groups in total. The predicted molar refractivity (Wildman–Crippen MR) is 72.1 cm³/mol. The molecule has 0 aliphatic heterocycles. The summed E-state index contributed by atoms with van der Waals surface area (Å²) in [7, 11) is 0. The van der Waals surface area contributed by atoms with Crippen LogP contribution in [-0.2, 0) is 6.42 Å². The molecular formula is C15H21NO. The molecule has 17 heavy (non-hydrogen) atoms. The fourth-order valence-corrected chi connectivity index (χ4v) is 2.17. The maximum absolute atomic E-state index is 9.22. The maximum atomic E-state index is 9.22. The van der Waals surface area contributed by atoms with Crippen LogP contribution in [0.5, 0.6) is 0 Å². The van der Waals surface area contributed by atoms with E-state index in [0.717, 1.165) is 19.3 Å². The van der Waals surface area contributed by atoms with Gasteiger partial charge in [0.15, 0.2) is 0 Å². The Morgan fingerprint density at radius 3 is 2.76 bits per heavy atom. The second-order valence-corrected chi connectivity index (χ2v) is 5.54. The van der Waals surface area contributed by atoms with Crippen LogP contribution in [0.15, 0.2) is 30.5 Å². The fourth-order valence-electron chi connectivity index (χ4n) is 2.17. The van der Waals surface area contributed by atoms with Crippen molar-refractivity contribution in [2.45, 2.75) is 33.1 Å². The Labute approximate surface area is 103 Å². The Balaban J connectivity index is 2.00. The third kappa shape index (κ3) is 2.89. The summed E-state index contributed by atoms with van der Waals surface area (Å²) in [6, 6.07) is 8.41. The van der Waals surface area contributed by atoms with E-state index >= 15 is 0 Å². The predicted octanol–water partition coefficient (Wildman–Crippen LogP) is 3.51. The Kier molecular flexibility index (Phi) is 3.53. The van der Waals surface area contributed by atoms with E-state index in [-0.39, 0.29) is 12.0 Å². The van der Waals surface area contributed by atoms with E-state index < -0.39 is 0 Å². The van der Waals surface area contributed by atoms with Gasteiger partial charge in [-0.25, -0.2) is 0 Å². The minimum Gasteiger partial charge on any atom is -0.396 e. The number of H-pyrrole nitrogens is 1. The van der Waals surface area contributed by atoms with E-state index in [0.29, 0.717) is 0 Å². The van der Waals surface area contributed by atoms with Crippen LogP contribution in [0.1, 0.15) is 32.3 Å².